The SMILES string of the molecule is CCOP(=O)(OCC)SC(C)(C)C(=O)C(C)C. The lowest BCUT2D eigenvalue weighted by Crippen LogP contribution is -2.31. The number of rotatable bonds is 8. The van der Waals surface area contributed by atoms with Crippen LogP contribution in [0.15, 0.2) is 0 Å². The Hall–Kier alpha value is 0.170. The van der Waals surface area contributed by atoms with Crippen molar-refractivity contribution in [2.75, 3.05) is 13.2 Å². The third kappa shape index (κ3) is 5.56. The van der Waals surface area contributed by atoms with E-state index in [1.54, 1.807) is 27.7 Å². The molecule has 0 aliphatic carbocycles. The number of carbonyl (C=O) groups excluding carboxylic acids is 1. The molecule has 0 aliphatic rings. The lowest BCUT2D eigenvalue weighted by Gasteiger charge is -2.28. The van der Waals surface area contributed by atoms with Crippen molar-refractivity contribution in [3.05, 3.63) is 0 Å². The third-order valence-electron chi connectivity index (χ3n) is 2.03. The average molecular weight is 282 g/mol. The molecule has 102 valence electrons. The Bertz CT molecular complexity index is 292. The molecule has 0 atom stereocenters. The van der Waals surface area contributed by atoms with Crippen LogP contribution in [0.25, 0.3) is 0 Å². The molecule has 0 N–H and O–H groups in total. The number of hydrogen-bond donors (Lipinski definition) is 0. The van der Waals surface area contributed by atoms with E-state index in [2.05, 4.69) is 0 Å². The van der Waals surface area contributed by atoms with E-state index in [1.807, 2.05) is 13.8 Å². The molecule has 0 fully saturated rings. The van der Waals surface area contributed by atoms with Crippen LogP contribution in [0.2, 0.25) is 0 Å². The molecule has 17 heavy (non-hydrogen) atoms. The maximum absolute atomic E-state index is 12.3. The van der Waals surface area contributed by atoms with Gasteiger partial charge in [0.15, 0.2) is 5.78 Å². The third-order valence-corrected chi connectivity index (χ3v) is 6.73. The molecular weight excluding hydrogens is 259 g/mol. The molecule has 0 spiro atoms. The molecule has 0 aromatic heterocycles. The molecule has 0 amide bonds. The van der Waals surface area contributed by atoms with Gasteiger partial charge >= 0.3 is 6.80 Å². The van der Waals surface area contributed by atoms with Gasteiger partial charge in [0.25, 0.3) is 0 Å². The lowest BCUT2D eigenvalue weighted by molar-refractivity contribution is -0.123. The average Bonchev–Trinajstić information content (AvgIpc) is 2.15. The number of Topliss-reactive ketones (excluding diaryl/α,β-unsaturated/α-hetero) is 1. The van der Waals surface area contributed by atoms with Crippen molar-refractivity contribution < 1.29 is 18.4 Å². The van der Waals surface area contributed by atoms with Gasteiger partial charge < -0.3 is 9.05 Å². The number of hydrogen-bond acceptors (Lipinski definition) is 5. The van der Waals surface area contributed by atoms with E-state index in [0.29, 0.717) is 13.2 Å². The van der Waals surface area contributed by atoms with Gasteiger partial charge in [0.05, 0.1) is 18.0 Å². The summed E-state index contributed by atoms with van der Waals surface area (Å²) in [5, 5.41) is 0. The quantitative estimate of drug-likeness (QED) is 0.632. The highest BCUT2D eigenvalue weighted by Crippen LogP contribution is 2.65. The van der Waals surface area contributed by atoms with Crippen LogP contribution < -0.4 is 0 Å². The van der Waals surface area contributed by atoms with Crippen LogP contribution in [0.1, 0.15) is 41.5 Å². The summed E-state index contributed by atoms with van der Waals surface area (Å²) < 4.78 is 21.9. The topological polar surface area (TPSA) is 52.6 Å². The minimum absolute atomic E-state index is 0.0436. The Balaban J connectivity index is 4.86. The second-order valence-corrected chi connectivity index (χ2v) is 8.91. The summed E-state index contributed by atoms with van der Waals surface area (Å²) in [6, 6.07) is 0. The minimum Gasteiger partial charge on any atom is -0.301 e. The zero-order valence-electron chi connectivity index (χ0n) is 11.5. The highest BCUT2D eigenvalue weighted by molar-refractivity contribution is 8.56. The van der Waals surface area contributed by atoms with Crippen molar-refractivity contribution >= 4 is 24.0 Å². The highest BCUT2D eigenvalue weighted by Gasteiger charge is 2.40. The molecule has 0 rings (SSSR count). The normalized spacial score (nSPS) is 13.1. The predicted molar refractivity (Wildman–Crippen MR) is 72.4 cm³/mol. The fourth-order valence-corrected chi connectivity index (χ4v) is 6.02. The van der Waals surface area contributed by atoms with Crippen molar-refractivity contribution in [1.29, 1.82) is 0 Å². The van der Waals surface area contributed by atoms with Crippen molar-refractivity contribution in [2.45, 2.75) is 46.3 Å². The van der Waals surface area contributed by atoms with Crippen molar-refractivity contribution in [1.82, 2.24) is 0 Å². The zero-order valence-corrected chi connectivity index (χ0v) is 13.2. The smallest absolute Gasteiger partial charge is 0.301 e. The maximum atomic E-state index is 12.3. The fraction of sp³-hybridized carbons (Fsp3) is 0.909. The Kier molecular flexibility index (Phi) is 7.00. The molecule has 6 heteroatoms. The van der Waals surface area contributed by atoms with Crippen LogP contribution >= 0.6 is 18.2 Å². The molecule has 0 radical (unpaired) electrons. The summed E-state index contributed by atoms with van der Waals surface area (Å²) in [5.74, 6) is -0.0589. The molecule has 0 aliphatic heterocycles. The summed E-state index contributed by atoms with van der Waals surface area (Å²) in [7, 11) is 0. The number of carbonyl (C=O) groups is 1. The van der Waals surface area contributed by atoms with E-state index in [4.69, 9.17) is 9.05 Å². The van der Waals surface area contributed by atoms with Crippen molar-refractivity contribution in [3.8, 4) is 0 Å². The van der Waals surface area contributed by atoms with Gasteiger partial charge in [-0.2, -0.15) is 0 Å². The molecule has 4 nitrogen and oxygen atoms in total. The van der Waals surface area contributed by atoms with Gasteiger partial charge in [-0.15, -0.1) is 0 Å². The van der Waals surface area contributed by atoms with E-state index in [9.17, 15) is 9.36 Å². The molecule has 0 bridgehead atoms. The second-order valence-electron chi connectivity index (χ2n) is 4.40. The molecular formula is C11H23O4PS. The van der Waals surface area contributed by atoms with Crippen molar-refractivity contribution in [2.24, 2.45) is 5.92 Å². The fourth-order valence-electron chi connectivity index (χ4n) is 1.43. The first-order valence-corrected chi connectivity index (χ1v) is 8.79. The molecule has 0 aromatic carbocycles. The largest absolute Gasteiger partial charge is 0.390 e. The van der Waals surface area contributed by atoms with E-state index in [1.165, 1.54) is 0 Å². The van der Waals surface area contributed by atoms with E-state index in [0.717, 1.165) is 11.4 Å². The first kappa shape index (κ1) is 17.2. The molecule has 0 heterocycles. The highest BCUT2D eigenvalue weighted by atomic mass is 32.7. The summed E-state index contributed by atoms with van der Waals surface area (Å²) in [6.45, 7) is 8.04. The van der Waals surface area contributed by atoms with Gasteiger partial charge in [-0.1, -0.05) is 13.8 Å². The van der Waals surface area contributed by atoms with E-state index < -0.39 is 11.5 Å². The Morgan fingerprint density at radius 2 is 1.65 bits per heavy atom. The standard InChI is InChI=1S/C11H23O4PS/c1-7-14-16(13,15-8-2)17-11(5,6)10(12)9(3)4/h9H,7-8H2,1-6H3. The van der Waals surface area contributed by atoms with Gasteiger partial charge in [0.2, 0.25) is 0 Å². The van der Waals surface area contributed by atoms with Gasteiger partial charge in [-0.3, -0.25) is 4.79 Å². The minimum atomic E-state index is -3.24. The Morgan fingerprint density at radius 3 is 1.94 bits per heavy atom. The molecule has 0 aromatic rings. The zero-order chi connectivity index (χ0) is 13.7. The Labute approximate surface area is 108 Å². The van der Waals surface area contributed by atoms with Gasteiger partial charge in [-0.05, 0) is 39.1 Å². The van der Waals surface area contributed by atoms with Crippen LogP contribution in [0, 0.1) is 5.92 Å². The first-order chi connectivity index (χ1) is 7.68. The summed E-state index contributed by atoms with van der Waals surface area (Å²) >= 11 is 0.996. The van der Waals surface area contributed by atoms with Gasteiger partial charge in [0.1, 0.15) is 0 Å². The van der Waals surface area contributed by atoms with E-state index in [-0.39, 0.29) is 11.7 Å². The van der Waals surface area contributed by atoms with Gasteiger partial charge in [-0.25, -0.2) is 4.57 Å². The summed E-state index contributed by atoms with van der Waals surface area (Å²) in [6.07, 6.45) is 0. The number of ketones is 1. The molecule has 0 saturated heterocycles. The van der Waals surface area contributed by atoms with Crippen LogP contribution in [0.4, 0.5) is 0 Å². The van der Waals surface area contributed by atoms with E-state index >= 15 is 0 Å². The lowest BCUT2D eigenvalue weighted by atomic mass is 9.98. The van der Waals surface area contributed by atoms with Crippen LogP contribution in [0.5, 0.6) is 0 Å². The second kappa shape index (κ2) is 6.93. The first-order valence-electron chi connectivity index (χ1n) is 5.82. The van der Waals surface area contributed by atoms with Crippen LogP contribution in [-0.2, 0) is 18.4 Å². The van der Waals surface area contributed by atoms with Crippen LogP contribution in [0.3, 0.4) is 0 Å². The van der Waals surface area contributed by atoms with Crippen LogP contribution in [-0.4, -0.2) is 23.7 Å². The Morgan fingerprint density at radius 1 is 1.24 bits per heavy atom. The summed E-state index contributed by atoms with van der Waals surface area (Å²) in [5.41, 5.74) is 0. The summed E-state index contributed by atoms with van der Waals surface area (Å²) in [4.78, 5) is 12.0. The predicted octanol–water partition coefficient (Wildman–Crippen LogP) is 3.90. The van der Waals surface area contributed by atoms with Gasteiger partial charge in [0, 0.05) is 5.92 Å². The van der Waals surface area contributed by atoms with Crippen molar-refractivity contribution in [3.63, 3.8) is 0 Å². The maximum Gasteiger partial charge on any atom is 0.390 e. The molecule has 0 saturated carbocycles. The monoisotopic (exact) mass is 282 g/mol. The molecule has 0 unspecified atom stereocenters.